The fraction of sp³-hybridized carbons (Fsp3) is 0.364. The summed E-state index contributed by atoms with van der Waals surface area (Å²) in [6.45, 7) is 3.33. The molecule has 154 valence electrons. The second-order valence-electron chi connectivity index (χ2n) is 7.09. The van der Waals surface area contributed by atoms with Crippen LogP contribution in [0, 0.1) is 0 Å². The highest BCUT2D eigenvalue weighted by atomic mass is 32.2. The number of nitrogens with two attached hydrogens (primary N) is 1. The number of hydrogen-bond acceptors (Lipinski definition) is 4. The summed E-state index contributed by atoms with van der Waals surface area (Å²) in [4.78, 5) is 28.4. The summed E-state index contributed by atoms with van der Waals surface area (Å²) >= 11 is 1.65. The smallest absolute Gasteiger partial charge is 0.323 e. The summed E-state index contributed by atoms with van der Waals surface area (Å²) < 4.78 is 0. The minimum atomic E-state index is -0.337. The van der Waals surface area contributed by atoms with Gasteiger partial charge in [0.2, 0.25) is 0 Å². The molecule has 1 heterocycles. The Morgan fingerprint density at radius 1 is 1.17 bits per heavy atom. The molecule has 0 saturated heterocycles. The predicted molar refractivity (Wildman–Crippen MR) is 120 cm³/mol. The van der Waals surface area contributed by atoms with Crippen LogP contribution in [0.25, 0.3) is 0 Å². The molecule has 0 aliphatic carbocycles. The number of carbonyl (C=O) groups is 2. The zero-order chi connectivity index (χ0) is 20.8. The van der Waals surface area contributed by atoms with Crippen LogP contribution in [0.1, 0.15) is 35.7 Å². The van der Waals surface area contributed by atoms with Crippen LogP contribution in [0.4, 0.5) is 16.2 Å². The SMILES string of the molecule is CCC1Cc2ccc(NC(=O)Nc3ccc(SC)cc3)cc2C(=O)N1CCCN. The number of urea groups is 1. The Hall–Kier alpha value is -2.51. The number of hydrogen-bond donors (Lipinski definition) is 3. The van der Waals surface area contributed by atoms with Gasteiger partial charge in [-0.1, -0.05) is 13.0 Å². The number of carbonyl (C=O) groups excluding carboxylic acids is 2. The van der Waals surface area contributed by atoms with Gasteiger partial charge in [0.15, 0.2) is 0 Å². The number of amides is 3. The summed E-state index contributed by atoms with van der Waals surface area (Å²) in [5.41, 5.74) is 8.65. The molecule has 7 heteroatoms. The van der Waals surface area contributed by atoms with Gasteiger partial charge in [0, 0.05) is 34.4 Å². The van der Waals surface area contributed by atoms with Crippen LogP contribution in [0.2, 0.25) is 0 Å². The average molecular weight is 413 g/mol. The third kappa shape index (κ3) is 5.10. The van der Waals surface area contributed by atoms with Gasteiger partial charge in [-0.15, -0.1) is 11.8 Å². The topological polar surface area (TPSA) is 87.5 Å². The van der Waals surface area contributed by atoms with Crippen LogP contribution in [0.3, 0.4) is 0 Å². The first-order chi connectivity index (χ1) is 14.0. The minimum Gasteiger partial charge on any atom is -0.335 e. The fourth-order valence-corrected chi connectivity index (χ4v) is 4.00. The summed E-state index contributed by atoms with van der Waals surface area (Å²) in [5, 5.41) is 5.64. The molecule has 6 nitrogen and oxygen atoms in total. The van der Waals surface area contributed by atoms with E-state index in [9.17, 15) is 9.59 Å². The van der Waals surface area contributed by atoms with Gasteiger partial charge in [0.25, 0.3) is 5.91 Å². The first kappa shape index (κ1) is 21.2. The normalized spacial score (nSPS) is 15.8. The first-order valence-corrected chi connectivity index (χ1v) is 11.1. The summed E-state index contributed by atoms with van der Waals surface area (Å²) in [7, 11) is 0. The van der Waals surface area contributed by atoms with Crippen molar-refractivity contribution in [2.75, 3.05) is 30.0 Å². The summed E-state index contributed by atoms with van der Waals surface area (Å²) in [5.74, 6) is 0.0169. The molecule has 0 saturated carbocycles. The summed E-state index contributed by atoms with van der Waals surface area (Å²) in [6, 6.07) is 13.1. The van der Waals surface area contributed by atoms with E-state index in [4.69, 9.17) is 5.73 Å². The van der Waals surface area contributed by atoms with Crippen molar-refractivity contribution >= 4 is 35.1 Å². The van der Waals surface area contributed by atoms with E-state index in [1.807, 2.05) is 47.6 Å². The number of fused-ring (bicyclic) bond motifs is 1. The molecule has 1 aliphatic heterocycles. The van der Waals surface area contributed by atoms with E-state index in [0.717, 1.165) is 29.7 Å². The van der Waals surface area contributed by atoms with Gasteiger partial charge >= 0.3 is 6.03 Å². The number of nitrogens with zero attached hydrogens (tertiary/aromatic N) is 1. The highest BCUT2D eigenvalue weighted by Gasteiger charge is 2.31. The lowest BCUT2D eigenvalue weighted by molar-refractivity contribution is 0.0643. The predicted octanol–water partition coefficient (Wildman–Crippen LogP) is 4.18. The Balaban J connectivity index is 1.71. The molecule has 0 spiro atoms. The molecule has 2 aromatic carbocycles. The number of nitrogens with one attached hydrogen (secondary N) is 2. The van der Waals surface area contributed by atoms with E-state index in [2.05, 4.69) is 17.6 Å². The van der Waals surface area contributed by atoms with E-state index in [-0.39, 0.29) is 18.0 Å². The van der Waals surface area contributed by atoms with Crippen molar-refractivity contribution in [1.82, 2.24) is 4.90 Å². The highest BCUT2D eigenvalue weighted by Crippen LogP contribution is 2.28. The van der Waals surface area contributed by atoms with Gasteiger partial charge in [0.05, 0.1) is 0 Å². The number of thioether (sulfide) groups is 1. The van der Waals surface area contributed by atoms with Crippen molar-refractivity contribution in [2.24, 2.45) is 5.73 Å². The molecule has 1 atom stereocenters. The van der Waals surface area contributed by atoms with Gasteiger partial charge < -0.3 is 21.3 Å². The van der Waals surface area contributed by atoms with Gasteiger partial charge in [0.1, 0.15) is 0 Å². The van der Waals surface area contributed by atoms with E-state index in [0.29, 0.717) is 30.0 Å². The third-order valence-corrected chi connectivity index (χ3v) is 5.92. The molecule has 4 N–H and O–H groups in total. The molecule has 1 aliphatic rings. The Kier molecular flexibility index (Phi) is 7.17. The maximum atomic E-state index is 13.0. The van der Waals surface area contributed by atoms with Gasteiger partial charge in [-0.2, -0.15) is 0 Å². The molecule has 1 unspecified atom stereocenters. The van der Waals surface area contributed by atoms with Crippen molar-refractivity contribution in [3.8, 4) is 0 Å². The van der Waals surface area contributed by atoms with Crippen molar-refractivity contribution < 1.29 is 9.59 Å². The standard InChI is InChI=1S/C22H28N4O2S/c1-3-18-13-15-5-6-17(14-20(15)21(27)26(18)12-4-11-23)25-22(28)24-16-7-9-19(29-2)10-8-16/h5-10,14,18H,3-4,11-13,23H2,1-2H3,(H2,24,25,28). The van der Waals surface area contributed by atoms with E-state index >= 15 is 0 Å². The number of anilines is 2. The average Bonchev–Trinajstić information content (AvgIpc) is 2.73. The Bertz CT molecular complexity index is 870. The fourth-order valence-electron chi connectivity index (χ4n) is 3.59. The van der Waals surface area contributed by atoms with Crippen LogP contribution in [0.5, 0.6) is 0 Å². The quantitative estimate of drug-likeness (QED) is 0.596. The number of benzene rings is 2. The van der Waals surface area contributed by atoms with Gasteiger partial charge in [-0.3, -0.25) is 4.79 Å². The molecule has 0 fully saturated rings. The van der Waals surface area contributed by atoms with Crippen molar-refractivity contribution in [3.05, 3.63) is 53.6 Å². The Morgan fingerprint density at radius 3 is 2.52 bits per heavy atom. The largest absolute Gasteiger partial charge is 0.335 e. The van der Waals surface area contributed by atoms with Gasteiger partial charge in [-0.05, 0) is 74.0 Å². The van der Waals surface area contributed by atoms with Crippen LogP contribution >= 0.6 is 11.8 Å². The van der Waals surface area contributed by atoms with Crippen molar-refractivity contribution in [1.29, 1.82) is 0 Å². The lowest BCUT2D eigenvalue weighted by atomic mass is 9.91. The maximum Gasteiger partial charge on any atom is 0.323 e. The molecule has 0 aromatic heterocycles. The monoisotopic (exact) mass is 412 g/mol. The Labute approximate surface area is 176 Å². The lowest BCUT2D eigenvalue weighted by Crippen LogP contribution is -2.46. The molecule has 0 radical (unpaired) electrons. The van der Waals surface area contributed by atoms with E-state index in [1.54, 1.807) is 17.8 Å². The van der Waals surface area contributed by atoms with E-state index < -0.39 is 0 Å². The highest BCUT2D eigenvalue weighted by molar-refractivity contribution is 7.98. The van der Waals surface area contributed by atoms with E-state index in [1.165, 1.54) is 0 Å². The molecular formula is C22H28N4O2S. The molecular weight excluding hydrogens is 384 g/mol. The number of rotatable bonds is 7. The second-order valence-corrected chi connectivity index (χ2v) is 7.97. The summed E-state index contributed by atoms with van der Waals surface area (Å²) in [6.07, 6.45) is 4.53. The lowest BCUT2D eigenvalue weighted by Gasteiger charge is -2.36. The third-order valence-electron chi connectivity index (χ3n) is 5.18. The van der Waals surface area contributed by atoms with Crippen molar-refractivity contribution in [2.45, 2.75) is 37.1 Å². The minimum absolute atomic E-state index is 0.0169. The molecule has 2 aromatic rings. The van der Waals surface area contributed by atoms with Crippen LogP contribution < -0.4 is 16.4 Å². The molecule has 29 heavy (non-hydrogen) atoms. The Morgan fingerprint density at radius 2 is 1.86 bits per heavy atom. The first-order valence-electron chi connectivity index (χ1n) is 9.91. The van der Waals surface area contributed by atoms with Crippen molar-refractivity contribution in [3.63, 3.8) is 0 Å². The second kappa shape index (κ2) is 9.80. The zero-order valence-electron chi connectivity index (χ0n) is 16.9. The molecule has 3 rings (SSSR count). The maximum absolute atomic E-state index is 13.0. The van der Waals surface area contributed by atoms with Crippen LogP contribution in [-0.4, -0.2) is 42.2 Å². The zero-order valence-corrected chi connectivity index (χ0v) is 17.7. The van der Waals surface area contributed by atoms with Crippen LogP contribution in [-0.2, 0) is 6.42 Å². The molecule has 0 bridgehead atoms. The molecule has 3 amide bonds. The van der Waals surface area contributed by atoms with Crippen LogP contribution in [0.15, 0.2) is 47.4 Å². The van der Waals surface area contributed by atoms with Gasteiger partial charge in [-0.25, -0.2) is 4.79 Å².